The Morgan fingerprint density at radius 2 is 2.10 bits per heavy atom. The highest BCUT2D eigenvalue weighted by Gasteiger charge is 2.27. The Bertz CT molecular complexity index is 1130. The highest BCUT2D eigenvalue weighted by molar-refractivity contribution is 5.94. The second-order valence-corrected chi connectivity index (χ2v) is 7.49. The van der Waals surface area contributed by atoms with Crippen molar-refractivity contribution in [3.05, 3.63) is 65.7 Å². The lowest BCUT2D eigenvalue weighted by Crippen LogP contribution is -2.39. The minimum Gasteiger partial charge on any atom is -0.342 e. The van der Waals surface area contributed by atoms with E-state index in [1.807, 2.05) is 54.3 Å². The number of H-pyrrole nitrogens is 1. The standard InChI is InChI=1S/C21H21N7O/c1-14-11-15(8-9-19(14)28-13-22-25-26-28)21(29)27-10-4-5-16(12-27)20-23-17-6-2-3-7-18(17)24-20/h2-3,6-9,11,13,16H,4-5,10,12H2,1H3,(H,23,24). The fourth-order valence-corrected chi connectivity index (χ4v) is 4.05. The number of carbonyl (C=O) groups is 1. The summed E-state index contributed by atoms with van der Waals surface area (Å²) in [6, 6.07) is 13.7. The number of aromatic nitrogens is 6. The Hall–Kier alpha value is -3.55. The second kappa shape index (κ2) is 7.12. The maximum Gasteiger partial charge on any atom is 0.253 e. The van der Waals surface area contributed by atoms with Crippen molar-refractivity contribution in [2.75, 3.05) is 13.1 Å². The average molecular weight is 387 g/mol. The summed E-state index contributed by atoms with van der Waals surface area (Å²) in [5.41, 5.74) is 4.52. The van der Waals surface area contributed by atoms with Crippen LogP contribution in [0.4, 0.5) is 0 Å². The molecule has 0 radical (unpaired) electrons. The van der Waals surface area contributed by atoms with Crippen molar-refractivity contribution in [2.45, 2.75) is 25.7 Å². The molecule has 29 heavy (non-hydrogen) atoms. The number of aromatic amines is 1. The summed E-state index contributed by atoms with van der Waals surface area (Å²) < 4.78 is 1.60. The first kappa shape index (κ1) is 17.5. The molecule has 2 aromatic carbocycles. The van der Waals surface area contributed by atoms with E-state index in [9.17, 15) is 4.79 Å². The normalized spacial score (nSPS) is 17.0. The Balaban J connectivity index is 1.36. The van der Waals surface area contributed by atoms with Crippen molar-refractivity contribution in [3.63, 3.8) is 0 Å². The van der Waals surface area contributed by atoms with Gasteiger partial charge in [-0.15, -0.1) is 5.10 Å². The number of likely N-dealkylation sites (tertiary alicyclic amines) is 1. The van der Waals surface area contributed by atoms with Crippen LogP contribution < -0.4 is 0 Å². The van der Waals surface area contributed by atoms with Crippen LogP contribution in [0.15, 0.2) is 48.8 Å². The highest BCUT2D eigenvalue weighted by Crippen LogP contribution is 2.28. The van der Waals surface area contributed by atoms with Crippen molar-refractivity contribution in [1.82, 2.24) is 35.1 Å². The number of piperidine rings is 1. The molecule has 4 aromatic rings. The molecule has 2 aromatic heterocycles. The number of amides is 1. The molecule has 1 aliphatic rings. The van der Waals surface area contributed by atoms with Crippen molar-refractivity contribution in [2.24, 2.45) is 0 Å². The van der Waals surface area contributed by atoms with Crippen LogP contribution in [0.1, 0.15) is 40.5 Å². The number of nitrogens with zero attached hydrogens (tertiary/aromatic N) is 6. The van der Waals surface area contributed by atoms with Crippen molar-refractivity contribution in [3.8, 4) is 5.69 Å². The number of rotatable bonds is 3. The number of carbonyl (C=O) groups excluding carboxylic acids is 1. The SMILES string of the molecule is Cc1cc(C(=O)N2CCCC(c3nc4ccccc4[nH]3)C2)ccc1-n1cnnn1. The number of para-hydroxylation sites is 2. The van der Waals surface area contributed by atoms with Gasteiger partial charge in [0.1, 0.15) is 12.2 Å². The van der Waals surface area contributed by atoms with E-state index in [1.54, 1.807) is 11.0 Å². The Labute approximate surface area is 167 Å². The lowest BCUT2D eigenvalue weighted by Gasteiger charge is -2.32. The lowest BCUT2D eigenvalue weighted by atomic mass is 9.96. The first-order chi connectivity index (χ1) is 14.2. The van der Waals surface area contributed by atoms with E-state index in [1.165, 1.54) is 0 Å². The first-order valence-corrected chi connectivity index (χ1v) is 9.77. The number of hydrogen-bond donors (Lipinski definition) is 1. The quantitative estimate of drug-likeness (QED) is 0.583. The third-order valence-corrected chi connectivity index (χ3v) is 5.54. The van der Waals surface area contributed by atoms with E-state index in [2.05, 4.69) is 20.5 Å². The molecule has 5 rings (SSSR count). The molecule has 1 unspecified atom stereocenters. The van der Waals surface area contributed by atoms with Gasteiger partial charge in [-0.3, -0.25) is 4.79 Å². The average Bonchev–Trinajstić information content (AvgIpc) is 3.43. The van der Waals surface area contributed by atoms with Gasteiger partial charge in [0.15, 0.2) is 0 Å². The Kier molecular flexibility index (Phi) is 4.31. The van der Waals surface area contributed by atoms with Crippen molar-refractivity contribution >= 4 is 16.9 Å². The molecule has 1 atom stereocenters. The molecule has 0 bridgehead atoms. The molecule has 1 amide bonds. The molecular weight excluding hydrogens is 366 g/mol. The van der Waals surface area contributed by atoms with Gasteiger partial charge in [-0.1, -0.05) is 12.1 Å². The predicted molar refractivity (Wildman–Crippen MR) is 108 cm³/mol. The van der Waals surface area contributed by atoms with Gasteiger partial charge in [-0.05, 0) is 66.1 Å². The fourth-order valence-electron chi connectivity index (χ4n) is 4.05. The zero-order valence-electron chi connectivity index (χ0n) is 16.1. The fraction of sp³-hybridized carbons (Fsp3) is 0.286. The summed E-state index contributed by atoms with van der Waals surface area (Å²) in [4.78, 5) is 23.3. The van der Waals surface area contributed by atoms with Gasteiger partial charge in [-0.2, -0.15) is 0 Å². The van der Waals surface area contributed by atoms with E-state index in [0.29, 0.717) is 12.1 Å². The maximum atomic E-state index is 13.1. The van der Waals surface area contributed by atoms with E-state index in [4.69, 9.17) is 4.98 Å². The summed E-state index contributed by atoms with van der Waals surface area (Å²) in [7, 11) is 0. The molecule has 1 N–H and O–H groups in total. The predicted octanol–water partition coefficient (Wildman–Crippen LogP) is 2.87. The second-order valence-electron chi connectivity index (χ2n) is 7.49. The zero-order valence-corrected chi connectivity index (χ0v) is 16.1. The number of aryl methyl sites for hydroxylation is 1. The molecule has 0 saturated carbocycles. The maximum absolute atomic E-state index is 13.1. The van der Waals surface area contributed by atoms with Gasteiger partial charge in [0.05, 0.1) is 16.7 Å². The van der Waals surface area contributed by atoms with Gasteiger partial charge in [0, 0.05) is 24.6 Å². The van der Waals surface area contributed by atoms with E-state index in [-0.39, 0.29) is 11.8 Å². The summed E-state index contributed by atoms with van der Waals surface area (Å²) >= 11 is 0. The Morgan fingerprint density at radius 1 is 1.21 bits per heavy atom. The van der Waals surface area contributed by atoms with Crippen LogP contribution in [0.5, 0.6) is 0 Å². The third-order valence-electron chi connectivity index (χ3n) is 5.54. The lowest BCUT2D eigenvalue weighted by molar-refractivity contribution is 0.0705. The van der Waals surface area contributed by atoms with Crippen molar-refractivity contribution < 1.29 is 4.79 Å². The number of tetrazole rings is 1. The monoisotopic (exact) mass is 387 g/mol. The molecule has 8 nitrogen and oxygen atoms in total. The molecule has 3 heterocycles. The van der Waals surface area contributed by atoms with Gasteiger partial charge in [0.2, 0.25) is 0 Å². The molecule has 146 valence electrons. The van der Waals surface area contributed by atoms with Gasteiger partial charge < -0.3 is 9.88 Å². The van der Waals surface area contributed by atoms with E-state index < -0.39 is 0 Å². The topological polar surface area (TPSA) is 92.6 Å². The highest BCUT2D eigenvalue weighted by atomic mass is 16.2. The molecule has 1 saturated heterocycles. The van der Waals surface area contributed by atoms with Crippen LogP contribution in [0.25, 0.3) is 16.7 Å². The largest absolute Gasteiger partial charge is 0.342 e. The molecule has 0 aliphatic carbocycles. The van der Waals surface area contributed by atoms with Gasteiger partial charge >= 0.3 is 0 Å². The first-order valence-electron chi connectivity index (χ1n) is 9.77. The summed E-state index contributed by atoms with van der Waals surface area (Å²) in [6.45, 7) is 3.40. The van der Waals surface area contributed by atoms with Crippen LogP contribution in [-0.4, -0.2) is 54.1 Å². The number of imidazole rings is 1. The third kappa shape index (κ3) is 3.26. The van der Waals surface area contributed by atoms with Crippen LogP contribution in [0.2, 0.25) is 0 Å². The Morgan fingerprint density at radius 3 is 2.90 bits per heavy atom. The van der Waals surface area contributed by atoms with Crippen LogP contribution in [-0.2, 0) is 0 Å². The summed E-state index contributed by atoms with van der Waals surface area (Å²) in [6.07, 6.45) is 3.54. The van der Waals surface area contributed by atoms with E-state index >= 15 is 0 Å². The molecule has 1 fully saturated rings. The minimum atomic E-state index is 0.0529. The number of nitrogens with one attached hydrogen (secondary N) is 1. The van der Waals surface area contributed by atoms with Crippen LogP contribution in [0.3, 0.4) is 0 Å². The molecule has 1 aliphatic heterocycles. The molecule has 8 heteroatoms. The zero-order chi connectivity index (χ0) is 19.8. The van der Waals surface area contributed by atoms with E-state index in [0.717, 1.165) is 47.5 Å². The van der Waals surface area contributed by atoms with Gasteiger partial charge in [0.25, 0.3) is 5.91 Å². The van der Waals surface area contributed by atoms with Crippen LogP contribution >= 0.6 is 0 Å². The summed E-state index contributed by atoms with van der Waals surface area (Å²) in [5.74, 6) is 1.24. The van der Waals surface area contributed by atoms with Gasteiger partial charge in [-0.25, -0.2) is 9.67 Å². The molecular formula is C21H21N7O. The molecule has 0 spiro atoms. The smallest absolute Gasteiger partial charge is 0.253 e. The minimum absolute atomic E-state index is 0.0529. The van der Waals surface area contributed by atoms with Crippen LogP contribution in [0, 0.1) is 6.92 Å². The van der Waals surface area contributed by atoms with Crippen molar-refractivity contribution in [1.29, 1.82) is 0 Å². The number of fused-ring (bicyclic) bond motifs is 1. The number of hydrogen-bond acceptors (Lipinski definition) is 5. The number of benzene rings is 2. The summed E-state index contributed by atoms with van der Waals surface area (Å²) in [5, 5.41) is 11.3.